The van der Waals surface area contributed by atoms with E-state index in [9.17, 15) is 4.79 Å². The second-order valence-electron chi connectivity index (χ2n) is 5.39. The molecular formula is C16H23N3O2S. The Bertz CT molecular complexity index is 476. The summed E-state index contributed by atoms with van der Waals surface area (Å²) >= 11 is 5.15. The number of hydrogen-bond acceptors (Lipinski definition) is 3. The van der Waals surface area contributed by atoms with Gasteiger partial charge in [0.25, 0.3) is 0 Å². The van der Waals surface area contributed by atoms with Crippen LogP contribution in [0.1, 0.15) is 38.5 Å². The van der Waals surface area contributed by atoms with Crippen LogP contribution in [-0.2, 0) is 4.79 Å². The first-order valence-electron chi connectivity index (χ1n) is 7.77. The average molecular weight is 321 g/mol. The molecule has 0 atom stereocenters. The van der Waals surface area contributed by atoms with Gasteiger partial charge in [-0.2, -0.15) is 0 Å². The summed E-state index contributed by atoms with van der Waals surface area (Å²) in [5.74, 6) is 0.732. The molecule has 3 N–H and O–H groups in total. The van der Waals surface area contributed by atoms with Crippen LogP contribution in [0.25, 0.3) is 0 Å². The molecule has 0 spiro atoms. The molecule has 120 valence electrons. The van der Waals surface area contributed by atoms with Crippen molar-refractivity contribution in [2.75, 3.05) is 6.61 Å². The first-order chi connectivity index (χ1) is 10.7. The zero-order valence-electron chi connectivity index (χ0n) is 12.6. The van der Waals surface area contributed by atoms with E-state index in [0.29, 0.717) is 30.6 Å². The minimum Gasteiger partial charge on any atom is -0.494 e. The third-order valence-electron chi connectivity index (χ3n) is 3.57. The normalized spacial score (nSPS) is 14.4. The van der Waals surface area contributed by atoms with E-state index in [2.05, 4.69) is 16.2 Å². The molecular weight excluding hydrogens is 298 g/mol. The molecule has 1 aliphatic carbocycles. The van der Waals surface area contributed by atoms with Gasteiger partial charge in [-0.25, -0.2) is 0 Å². The Labute approximate surface area is 136 Å². The third-order valence-corrected chi connectivity index (χ3v) is 3.79. The fourth-order valence-electron chi connectivity index (χ4n) is 2.42. The van der Waals surface area contributed by atoms with Gasteiger partial charge in [-0.1, -0.05) is 31.0 Å². The fourth-order valence-corrected chi connectivity index (χ4v) is 2.64. The van der Waals surface area contributed by atoms with E-state index < -0.39 is 0 Å². The van der Waals surface area contributed by atoms with Crippen molar-refractivity contribution in [1.82, 2.24) is 16.2 Å². The molecule has 1 fully saturated rings. The van der Waals surface area contributed by atoms with Gasteiger partial charge in [-0.05, 0) is 43.6 Å². The van der Waals surface area contributed by atoms with Gasteiger partial charge in [0.2, 0.25) is 5.91 Å². The Hall–Kier alpha value is -1.82. The SMILES string of the molecule is O=C(CCCOc1ccccc1)NNC(=S)NC1CCCC1. The van der Waals surface area contributed by atoms with Crippen molar-refractivity contribution >= 4 is 23.2 Å². The maximum absolute atomic E-state index is 11.7. The molecule has 0 radical (unpaired) electrons. The predicted octanol–water partition coefficient (Wildman–Crippen LogP) is 2.28. The number of hydrazine groups is 1. The molecule has 6 heteroatoms. The lowest BCUT2D eigenvalue weighted by atomic mass is 10.3. The van der Waals surface area contributed by atoms with Crippen molar-refractivity contribution in [3.8, 4) is 5.75 Å². The van der Waals surface area contributed by atoms with E-state index >= 15 is 0 Å². The zero-order chi connectivity index (χ0) is 15.6. The van der Waals surface area contributed by atoms with Crippen molar-refractivity contribution in [3.05, 3.63) is 30.3 Å². The number of rotatable bonds is 6. The van der Waals surface area contributed by atoms with Gasteiger partial charge in [-0.15, -0.1) is 0 Å². The largest absolute Gasteiger partial charge is 0.494 e. The molecule has 1 amide bonds. The van der Waals surface area contributed by atoms with E-state index in [4.69, 9.17) is 17.0 Å². The third kappa shape index (κ3) is 6.30. The lowest BCUT2D eigenvalue weighted by Crippen LogP contribution is -2.49. The molecule has 5 nitrogen and oxygen atoms in total. The van der Waals surface area contributed by atoms with E-state index in [1.807, 2.05) is 30.3 Å². The second kappa shape index (κ2) is 9.25. The van der Waals surface area contributed by atoms with Gasteiger partial charge in [0.1, 0.15) is 5.75 Å². The topological polar surface area (TPSA) is 62.4 Å². The standard InChI is InChI=1S/C16H23N3O2S/c20-15(11-6-12-21-14-9-2-1-3-10-14)18-19-16(22)17-13-7-4-5-8-13/h1-3,9-10,13H,4-8,11-12H2,(H,18,20)(H2,17,19,22). The van der Waals surface area contributed by atoms with Gasteiger partial charge in [0.15, 0.2) is 5.11 Å². The molecule has 0 bridgehead atoms. The summed E-state index contributed by atoms with van der Waals surface area (Å²) in [6, 6.07) is 10.0. The molecule has 1 aromatic carbocycles. The summed E-state index contributed by atoms with van der Waals surface area (Å²) in [5, 5.41) is 3.69. The monoisotopic (exact) mass is 321 g/mol. The first-order valence-corrected chi connectivity index (χ1v) is 8.18. The van der Waals surface area contributed by atoms with Gasteiger partial charge in [0, 0.05) is 12.5 Å². The number of carbonyl (C=O) groups is 1. The molecule has 1 saturated carbocycles. The summed E-state index contributed by atoms with van der Waals surface area (Å²) in [6.45, 7) is 0.516. The van der Waals surface area contributed by atoms with Crippen LogP contribution >= 0.6 is 12.2 Å². The number of nitrogens with one attached hydrogen (secondary N) is 3. The fraction of sp³-hybridized carbons (Fsp3) is 0.500. The maximum Gasteiger partial charge on any atom is 0.238 e. The second-order valence-corrected chi connectivity index (χ2v) is 5.80. The number of ether oxygens (including phenoxy) is 1. The Kier molecular flexibility index (Phi) is 6.96. The predicted molar refractivity (Wildman–Crippen MR) is 90.4 cm³/mol. The molecule has 0 unspecified atom stereocenters. The van der Waals surface area contributed by atoms with E-state index in [0.717, 1.165) is 18.6 Å². The summed E-state index contributed by atoms with van der Waals surface area (Å²) in [4.78, 5) is 11.7. The van der Waals surface area contributed by atoms with Crippen LogP contribution in [0.15, 0.2) is 30.3 Å². The highest BCUT2D eigenvalue weighted by atomic mass is 32.1. The Morgan fingerprint density at radius 1 is 1.18 bits per heavy atom. The number of benzene rings is 1. The van der Waals surface area contributed by atoms with Crippen LogP contribution in [-0.4, -0.2) is 23.7 Å². The van der Waals surface area contributed by atoms with Crippen LogP contribution in [0.3, 0.4) is 0 Å². The van der Waals surface area contributed by atoms with Crippen molar-refractivity contribution in [1.29, 1.82) is 0 Å². The van der Waals surface area contributed by atoms with E-state index in [1.54, 1.807) is 0 Å². The van der Waals surface area contributed by atoms with Crippen LogP contribution in [0, 0.1) is 0 Å². The van der Waals surface area contributed by atoms with Crippen LogP contribution in [0.2, 0.25) is 0 Å². The number of thiocarbonyl (C=S) groups is 1. The molecule has 0 aliphatic heterocycles. The quantitative estimate of drug-likeness (QED) is 0.426. The molecule has 1 aliphatic rings. The van der Waals surface area contributed by atoms with Crippen LogP contribution in [0.5, 0.6) is 5.75 Å². The molecule has 0 heterocycles. The minimum atomic E-state index is -0.0905. The average Bonchev–Trinajstić information content (AvgIpc) is 3.03. The van der Waals surface area contributed by atoms with Crippen molar-refractivity contribution in [3.63, 3.8) is 0 Å². The molecule has 1 aromatic rings. The Morgan fingerprint density at radius 2 is 1.91 bits per heavy atom. The molecule has 2 rings (SSSR count). The molecule has 0 aromatic heterocycles. The molecule has 22 heavy (non-hydrogen) atoms. The summed E-state index contributed by atoms with van der Waals surface area (Å²) in [7, 11) is 0. The van der Waals surface area contributed by atoms with Gasteiger partial charge >= 0.3 is 0 Å². The lowest BCUT2D eigenvalue weighted by Gasteiger charge is -2.16. The highest BCUT2D eigenvalue weighted by Gasteiger charge is 2.15. The number of amides is 1. The van der Waals surface area contributed by atoms with E-state index in [1.165, 1.54) is 12.8 Å². The summed E-state index contributed by atoms with van der Waals surface area (Å²) in [5.41, 5.74) is 5.35. The highest BCUT2D eigenvalue weighted by molar-refractivity contribution is 7.80. The van der Waals surface area contributed by atoms with Crippen molar-refractivity contribution < 1.29 is 9.53 Å². The molecule has 0 saturated heterocycles. The first kappa shape index (κ1) is 16.5. The van der Waals surface area contributed by atoms with E-state index in [-0.39, 0.29) is 5.91 Å². The maximum atomic E-state index is 11.7. The van der Waals surface area contributed by atoms with Gasteiger partial charge in [0.05, 0.1) is 6.61 Å². The van der Waals surface area contributed by atoms with Crippen LogP contribution in [0.4, 0.5) is 0 Å². The summed E-state index contributed by atoms with van der Waals surface area (Å²) < 4.78 is 5.53. The van der Waals surface area contributed by atoms with Gasteiger partial charge in [-0.3, -0.25) is 15.6 Å². The van der Waals surface area contributed by atoms with Gasteiger partial charge < -0.3 is 10.1 Å². The number of carbonyl (C=O) groups excluding carboxylic acids is 1. The van der Waals surface area contributed by atoms with Crippen molar-refractivity contribution in [2.24, 2.45) is 0 Å². The number of para-hydroxylation sites is 1. The van der Waals surface area contributed by atoms with Crippen LogP contribution < -0.4 is 20.9 Å². The highest BCUT2D eigenvalue weighted by Crippen LogP contribution is 2.17. The number of hydrogen-bond donors (Lipinski definition) is 3. The zero-order valence-corrected chi connectivity index (χ0v) is 13.5. The van der Waals surface area contributed by atoms with Crippen molar-refractivity contribution in [2.45, 2.75) is 44.6 Å². The Balaban J connectivity index is 1.51. The Morgan fingerprint density at radius 3 is 2.64 bits per heavy atom. The summed E-state index contributed by atoms with van der Waals surface area (Å²) in [6.07, 6.45) is 5.83. The smallest absolute Gasteiger partial charge is 0.238 e. The lowest BCUT2D eigenvalue weighted by molar-refractivity contribution is -0.121. The minimum absolute atomic E-state index is 0.0905.